The molecule has 2 N–H and O–H groups in total. The Balaban J connectivity index is 1.49. The first-order valence-electron chi connectivity index (χ1n) is 10.6. The monoisotopic (exact) mass is 515 g/mol. The molecule has 180 valence electrons. The highest BCUT2D eigenvalue weighted by molar-refractivity contribution is 7.98. The third-order valence-corrected chi connectivity index (χ3v) is 6.55. The SMILES string of the molecule is O=C(NCCSCc1ccccc1)c1ccc2c(=O)n(-c3cccc(C(F)(F)F)c3)c(=S)[nH]c2c1. The third kappa shape index (κ3) is 5.83. The van der Waals surface area contributed by atoms with Crippen molar-refractivity contribution in [2.24, 2.45) is 0 Å². The summed E-state index contributed by atoms with van der Waals surface area (Å²) in [6.45, 7) is 0.474. The number of carbonyl (C=O) groups excluding carboxylic acids is 1. The summed E-state index contributed by atoms with van der Waals surface area (Å²) in [5, 5.41) is 3.05. The van der Waals surface area contributed by atoms with Gasteiger partial charge in [0.25, 0.3) is 11.5 Å². The molecule has 0 unspecified atom stereocenters. The summed E-state index contributed by atoms with van der Waals surface area (Å²) in [5.41, 5.74) is 0.423. The summed E-state index contributed by atoms with van der Waals surface area (Å²) in [5.74, 6) is 1.29. The predicted molar refractivity (Wildman–Crippen MR) is 135 cm³/mol. The van der Waals surface area contributed by atoms with E-state index in [9.17, 15) is 22.8 Å². The molecule has 0 fully saturated rings. The number of thioether (sulfide) groups is 1. The van der Waals surface area contributed by atoms with Gasteiger partial charge in [0.05, 0.1) is 22.2 Å². The lowest BCUT2D eigenvalue weighted by molar-refractivity contribution is -0.137. The van der Waals surface area contributed by atoms with Crippen molar-refractivity contribution in [2.75, 3.05) is 12.3 Å². The Hall–Kier alpha value is -3.37. The lowest BCUT2D eigenvalue weighted by Gasteiger charge is -2.12. The van der Waals surface area contributed by atoms with Crippen molar-refractivity contribution >= 4 is 40.8 Å². The lowest BCUT2D eigenvalue weighted by Crippen LogP contribution is -2.26. The zero-order chi connectivity index (χ0) is 25.0. The zero-order valence-electron chi connectivity index (χ0n) is 18.3. The quantitative estimate of drug-likeness (QED) is 0.244. The van der Waals surface area contributed by atoms with Gasteiger partial charge in [0, 0.05) is 23.6 Å². The molecule has 4 aromatic rings. The van der Waals surface area contributed by atoms with Gasteiger partial charge < -0.3 is 10.3 Å². The number of rotatable bonds is 7. The van der Waals surface area contributed by atoms with E-state index in [-0.39, 0.29) is 21.8 Å². The number of hydrogen-bond donors (Lipinski definition) is 2. The molecule has 1 amide bonds. The number of nitrogens with one attached hydrogen (secondary N) is 2. The van der Waals surface area contributed by atoms with E-state index in [4.69, 9.17) is 12.2 Å². The average Bonchev–Trinajstić information content (AvgIpc) is 2.83. The van der Waals surface area contributed by atoms with Crippen molar-refractivity contribution in [3.63, 3.8) is 0 Å². The van der Waals surface area contributed by atoms with Gasteiger partial charge in [-0.25, -0.2) is 0 Å². The largest absolute Gasteiger partial charge is 0.416 e. The Labute approximate surface area is 208 Å². The van der Waals surface area contributed by atoms with Crippen molar-refractivity contribution in [1.82, 2.24) is 14.9 Å². The number of nitrogens with zero attached hydrogens (tertiary/aromatic N) is 1. The topological polar surface area (TPSA) is 66.9 Å². The maximum atomic E-state index is 13.1. The predicted octanol–water partition coefficient (Wildman–Crippen LogP) is 5.73. The van der Waals surface area contributed by atoms with E-state index < -0.39 is 17.3 Å². The molecule has 0 saturated carbocycles. The van der Waals surface area contributed by atoms with Gasteiger partial charge >= 0.3 is 6.18 Å². The van der Waals surface area contributed by atoms with Crippen LogP contribution in [0.1, 0.15) is 21.5 Å². The third-order valence-electron chi connectivity index (χ3n) is 5.24. The first-order valence-corrected chi connectivity index (χ1v) is 12.2. The Morgan fingerprint density at radius 3 is 2.54 bits per heavy atom. The van der Waals surface area contributed by atoms with Gasteiger partial charge in [-0.1, -0.05) is 36.4 Å². The highest BCUT2D eigenvalue weighted by Crippen LogP contribution is 2.30. The minimum Gasteiger partial charge on any atom is -0.351 e. The second-order valence-electron chi connectivity index (χ2n) is 7.67. The van der Waals surface area contributed by atoms with Crippen LogP contribution in [0.5, 0.6) is 0 Å². The number of carbonyl (C=O) groups is 1. The van der Waals surface area contributed by atoms with E-state index in [2.05, 4.69) is 10.3 Å². The Morgan fingerprint density at radius 1 is 1.03 bits per heavy atom. The molecule has 35 heavy (non-hydrogen) atoms. The van der Waals surface area contributed by atoms with Gasteiger partial charge in [-0.15, -0.1) is 0 Å². The minimum absolute atomic E-state index is 0.00259. The van der Waals surface area contributed by atoms with Crippen LogP contribution in [0.4, 0.5) is 13.2 Å². The van der Waals surface area contributed by atoms with Crippen LogP contribution < -0.4 is 10.9 Å². The molecule has 0 aliphatic heterocycles. The fourth-order valence-electron chi connectivity index (χ4n) is 3.52. The molecule has 0 bridgehead atoms. The Morgan fingerprint density at radius 2 is 1.80 bits per heavy atom. The first kappa shape index (κ1) is 24.7. The molecule has 0 atom stereocenters. The standard InChI is InChI=1S/C25H20F3N3O2S2/c26-25(27,28)18-7-4-8-19(14-18)31-23(33)20-10-9-17(13-21(20)30-24(31)34)22(32)29-11-12-35-15-16-5-2-1-3-6-16/h1-10,13-14H,11-12,15H2,(H,29,32)(H,30,34). The van der Waals surface area contributed by atoms with Crippen molar-refractivity contribution in [3.05, 3.63) is 105 Å². The molecule has 1 aromatic heterocycles. The first-order chi connectivity index (χ1) is 16.7. The van der Waals surface area contributed by atoms with E-state index in [1.165, 1.54) is 35.9 Å². The van der Waals surface area contributed by atoms with Crippen LogP contribution >= 0.6 is 24.0 Å². The normalized spacial score (nSPS) is 11.5. The molecule has 0 aliphatic rings. The van der Waals surface area contributed by atoms with Crippen LogP contribution in [-0.4, -0.2) is 27.8 Å². The van der Waals surface area contributed by atoms with Crippen molar-refractivity contribution in [2.45, 2.75) is 11.9 Å². The van der Waals surface area contributed by atoms with Crippen LogP contribution in [0.25, 0.3) is 16.6 Å². The molecule has 5 nitrogen and oxygen atoms in total. The highest BCUT2D eigenvalue weighted by Gasteiger charge is 2.30. The Kier molecular flexibility index (Phi) is 7.42. The second-order valence-corrected chi connectivity index (χ2v) is 9.17. The molecule has 3 aromatic carbocycles. The van der Waals surface area contributed by atoms with E-state index in [0.29, 0.717) is 17.6 Å². The zero-order valence-corrected chi connectivity index (χ0v) is 19.9. The summed E-state index contributed by atoms with van der Waals surface area (Å²) >= 11 is 6.96. The van der Waals surface area contributed by atoms with Gasteiger partial charge in [0.1, 0.15) is 0 Å². The number of aromatic nitrogens is 2. The van der Waals surface area contributed by atoms with Gasteiger partial charge in [0.2, 0.25) is 0 Å². The van der Waals surface area contributed by atoms with Crippen LogP contribution in [0.3, 0.4) is 0 Å². The molecule has 4 rings (SSSR count). The minimum atomic E-state index is -4.55. The average molecular weight is 516 g/mol. The van der Waals surface area contributed by atoms with Crippen LogP contribution in [0, 0.1) is 4.77 Å². The Bertz CT molecular complexity index is 1480. The summed E-state index contributed by atoms with van der Waals surface area (Å²) in [6.07, 6.45) is -4.55. The van der Waals surface area contributed by atoms with Crippen LogP contribution in [-0.2, 0) is 11.9 Å². The highest BCUT2D eigenvalue weighted by atomic mass is 32.2. The van der Waals surface area contributed by atoms with Crippen LogP contribution in [0.15, 0.2) is 77.6 Å². The number of aromatic amines is 1. The van der Waals surface area contributed by atoms with E-state index in [1.54, 1.807) is 11.8 Å². The molecule has 0 saturated heterocycles. The molecule has 10 heteroatoms. The van der Waals surface area contributed by atoms with Crippen LogP contribution in [0.2, 0.25) is 0 Å². The fraction of sp³-hybridized carbons (Fsp3) is 0.160. The summed E-state index contributed by atoms with van der Waals surface area (Å²) in [4.78, 5) is 28.5. The smallest absolute Gasteiger partial charge is 0.351 e. The number of H-pyrrole nitrogens is 1. The number of hydrogen-bond acceptors (Lipinski definition) is 4. The lowest BCUT2D eigenvalue weighted by atomic mass is 10.1. The molecule has 0 aliphatic carbocycles. The molecular formula is C25H20F3N3O2S2. The summed E-state index contributed by atoms with van der Waals surface area (Å²) in [6, 6.07) is 18.9. The maximum Gasteiger partial charge on any atom is 0.416 e. The van der Waals surface area contributed by atoms with Crippen molar-refractivity contribution < 1.29 is 18.0 Å². The number of amides is 1. The summed E-state index contributed by atoms with van der Waals surface area (Å²) < 4.78 is 40.3. The van der Waals surface area contributed by atoms with Gasteiger partial charge in [-0.2, -0.15) is 24.9 Å². The van der Waals surface area contributed by atoms with Crippen molar-refractivity contribution in [1.29, 1.82) is 0 Å². The molecular weight excluding hydrogens is 495 g/mol. The van der Waals surface area contributed by atoms with Crippen molar-refractivity contribution in [3.8, 4) is 5.69 Å². The van der Waals surface area contributed by atoms with E-state index >= 15 is 0 Å². The number of benzene rings is 3. The van der Waals surface area contributed by atoms with E-state index in [0.717, 1.165) is 28.2 Å². The number of alkyl halides is 3. The number of halogens is 3. The maximum absolute atomic E-state index is 13.1. The number of fused-ring (bicyclic) bond motifs is 1. The van der Waals surface area contributed by atoms with Gasteiger partial charge in [-0.3, -0.25) is 14.2 Å². The fourth-order valence-corrected chi connectivity index (χ4v) is 4.64. The van der Waals surface area contributed by atoms with Gasteiger partial charge in [-0.05, 0) is 54.2 Å². The molecule has 1 heterocycles. The summed E-state index contributed by atoms with van der Waals surface area (Å²) in [7, 11) is 0. The van der Waals surface area contributed by atoms with E-state index in [1.807, 2.05) is 30.3 Å². The molecule has 0 spiro atoms. The van der Waals surface area contributed by atoms with Gasteiger partial charge in [0.15, 0.2) is 4.77 Å². The second kappa shape index (κ2) is 10.5. The molecule has 0 radical (unpaired) electrons.